The zero-order chi connectivity index (χ0) is 14.4. The van der Waals surface area contributed by atoms with Gasteiger partial charge in [0, 0.05) is 5.92 Å². The summed E-state index contributed by atoms with van der Waals surface area (Å²) in [7, 11) is 0. The fourth-order valence-electron chi connectivity index (χ4n) is 2.72. The zero-order valence-electron chi connectivity index (χ0n) is 11.6. The highest BCUT2D eigenvalue weighted by Crippen LogP contribution is 2.45. The first kappa shape index (κ1) is 12.4. The number of nitrogens with two attached hydrogens (primary N) is 1. The van der Waals surface area contributed by atoms with Gasteiger partial charge in [-0.25, -0.2) is 9.67 Å². The van der Waals surface area contributed by atoms with Crippen LogP contribution in [0.1, 0.15) is 24.5 Å². The number of nitrogens with zero attached hydrogens (tertiary/aromatic N) is 3. The number of benzene rings is 1. The van der Waals surface area contributed by atoms with Crippen LogP contribution >= 0.6 is 0 Å². The second-order valence-electron chi connectivity index (χ2n) is 5.47. The van der Waals surface area contributed by atoms with Gasteiger partial charge in [-0.1, -0.05) is 12.1 Å². The number of hydrogen-bond acceptors (Lipinski definition) is 4. The second-order valence-corrected chi connectivity index (χ2v) is 5.47. The Morgan fingerprint density at radius 2 is 2.14 bits per heavy atom. The number of nitrogen functional groups attached to an aromatic ring is 1. The lowest BCUT2D eigenvalue weighted by Gasteiger charge is -2.01. The van der Waals surface area contributed by atoms with E-state index in [2.05, 4.69) is 15.1 Å². The van der Waals surface area contributed by atoms with Gasteiger partial charge in [-0.2, -0.15) is 5.10 Å². The highest BCUT2D eigenvalue weighted by atomic mass is 16.3. The molecule has 0 atom stereocenters. The molecule has 0 saturated heterocycles. The number of aromatic nitrogens is 4. The number of hydrogen-bond donors (Lipinski definition) is 3. The summed E-state index contributed by atoms with van der Waals surface area (Å²) in [4.78, 5) is 7.96. The number of para-hydroxylation sites is 2. The molecule has 4 rings (SSSR count). The van der Waals surface area contributed by atoms with E-state index >= 15 is 0 Å². The summed E-state index contributed by atoms with van der Waals surface area (Å²) in [5.74, 6) is 1.81. The molecule has 6 nitrogen and oxygen atoms in total. The van der Waals surface area contributed by atoms with Crippen molar-refractivity contribution in [2.75, 3.05) is 12.3 Å². The maximum absolute atomic E-state index is 9.14. The van der Waals surface area contributed by atoms with Crippen LogP contribution in [0.4, 0.5) is 5.82 Å². The third kappa shape index (κ3) is 1.99. The van der Waals surface area contributed by atoms with E-state index in [9.17, 15) is 0 Å². The standard InChI is InChI=1S/C15H17N5O/c16-14-12(13(9-5-6-9)19-20(14)7-8-21)15-17-10-3-1-2-4-11(10)18-15/h1-4,9,21H,5-8,16H2,(H,17,18). The summed E-state index contributed by atoms with van der Waals surface area (Å²) < 4.78 is 1.68. The third-order valence-corrected chi connectivity index (χ3v) is 3.92. The van der Waals surface area contributed by atoms with Gasteiger partial charge in [0.15, 0.2) is 0 Å². The number of fused-ring (bicyclic) bond motifs is 1. The molecule has 4 N–H and O–H groups in total. The van der Waals surface area contributed by atoms with Crippen molar-refractivity contribution in [3.63, 3.8) is 0 Å². The summed E-state index contributed by atoms with van der Waals surface area (Å²) >= 11 is 0. The summed E-state index contributed by atoms with van der Waals surface area (Å²) in [6.07, 6.45) is 2.28. The van der Waals surface area contributed by atoms with Crippen molar-refractivity contribution in [2.45, 2.75) is 25.3 Å². The van der Waals surface area contributed by atoms with Crippen molar-refractivity contribution >= 4 is 16.9 Å². The maximum atomic E-state index is 9.14. The number of aromatic amines is 1. The quantitative estimate of drug-likeness (QED) is 0.681. The summed E-state index contributed by atoms with van der Waals surface area (Å²) in [5, 5.41) is 13.7. The van der Waals surface area contributed by atoms with E-state index in [0.717, 1.165) is 41.0 Å². The van der Waals surface area contributed by atoms with Gasteiger partial charge in [0.1, 0.15) is 11.6 Å². The van der Waals surface area contributed by atoms with E-state index in [1.54, 1.807) is 4.68 Å². The van der Waals surface area contributed by atoms with E-state index < -0.39 is 0 Å². The van der Waals surface area contributed by atoms with Crippen molar-refractivity contribution < 1.29 is 5.11 Å². The molecule has 6 heteroatoms. The number of H-pyrrole nitrogens is 1. The molecule has 1 aliphatic carbocycles. The first-order chi connectivity index (χ1) is 10.3. The average Bonchev–Trinajstić information content (AvgIpc) is 3.16. The topological polar surface area (TPSA) is 92.8 Å². The van der Waals surface area contributed by atoms with Crippen LogP contribution in [0.3, 0.4) is 0 Å². The molecule has 0 amide bonds. The van der Waals surface area contributed by atoms with Gasteiger partial charge < -0.3 is 15.8 Å². The molecule has 0 spiro atoms. The lowest BCUT2D eigenvalue weighted by Crippen LogP contribution is -2.07. The van der Waals surface area contributed by atoms with Crippen LogP contribution in [0.5, 0.6) is 0 Å². The first-order valence-corrected chi connectivity index (χ1v) is 7.20. The zero-order valence-corrected chi connectivity index (χ0v) is 11.6. The van der Waals surface area contributed by atoms with E-state index in [4.69, 9.17) is 10.8 Å². The maximum Gasteiger partial charge on any atom is 0.144 e. The highest BCUT2D eigenvalue weighted by Gasteiger charge is 2.32. The van der Waals surface area contributed by atoms with Crippen molar-refractivity contribution in [3.8, 4) is 11.4 Å². The number of nitrogens with one attached hydrogen (secondary N) is 1. The Morgan fingerprint density at radius 1 is 1.33 bits per heavy atom. The molecule has 2 heterocycles. The molecule has 0 radical (unpaired) electrons. The van der Waals surface area contributed by atoms with Crippen molar-refractivity contribution in [2.24, 2.45) is 0 Å². The first-order valence-electron chi connectivity index (χ1n) is 7.20. The Labute approximate surface area is 121 Å². The molecular formula is C15H17N5O. The molecule has 2 aromatic heterocycles. The van der Waals surface area contributed by atoms with Gasteiger partial charge in [-0.15, -0.1) is 0 Å². The predicted octanol–water partition coefficient (Wildman–Crippen LogP) is 1.88. The molecule has 0 bridgehead atoms. The van der Waals surface area contributed by atoms with Gasteiger partial charge in [0.2, 0.25) is 0 Å². The van der Waals surface area contributed by atoms with Gasteiger partial charge in [-0.3, -0.25) is 0 Å². The molecule has 0 aliphatic heterocycles. The van der Waals surface area contributed by atoms with Gasteiger partial charge in [-0.05, 0) is 25.0 Å². The molecular weight excluding hydrogens is 266 g/mol. The normalized spacial score (nSPS) is 14.9. The third-order valence-electron chi connectivity index (χ3n) is 3.92. The number of aliphatic hydroxyl groups excluding tert-OH is 1. The molecule has 3 aromatic rings. The molecule has 108 valence electrons. The minimum Gasteiger partial charge on any atom is -0.394 e. The lowest BCUT2D eigenvalue weighted by molar-refractivity contribution is 0.270. The number of aliphatic hydroxyl groups is 1. The fraction of sp³-hybridized carbons (Fsp3) is 0.333. The molecule has 1 aliphatic rings. The molecule has 0 unspecified atom stereocenters. The largest absolute Gasteiger partial charge is 0.394 e. The van der Waals surface area contributed by atoms with Crippen LogP contribution in [0.25, 0.3) is 22.4 Å². The summed E-state index contributed by atoms with van der Waals surface area (Å²) in [6, 6.07) is 7.91. The van der Waals surface area contributed by atoms with Crippen molar-refractivity contribution in [1.82, 2.24) is 19.7 Å². The molecule has 1 fully saturated rings. The second kappa shape index (κ2) is 4.60. The van der Waals surface area contributed by atoms with Crippen molar-refractivity contribution in [1.29, 1.82) is 0 Å². The van der Waals surface area contributed by atoms with Crippen LogP contribution in [-0.4, -0.2) is 31.5 Å². The summed E-state index contributed by atoms with van der Waals surface area (Å²) in [5.41, 5.74) is 10.0. The Bertz CT molecular complexity index is 767. The predicted molar refractivity (Wildman–Crippen MR) is 80.8 cm³/mol. The van der Waals surface area contributed by atoms with Gasteiger partial charge in [0.05, 0.1) is 35.4 Å². The van der Waals surface area contributed by atoms with E-state index in [-0.39, 0.29) is 6.61 Å². The smallest absolute Gasteiger partial charge is 0.144 e. The van der Waals surface area contributed by atoms with Crippen molar-refractivity contribution in [3.05, 3.63) is 30.0 Å². The van der Waals surface area contributed by atoms with Gasteiger partial charge in [0.25, 0.3) is 0 Å². The van der Waals surface area contributed by atoms with E-state index in [0.29, 0.717) is 18.3 Å². The fourth-order valence-corrected chi connectivity index (χ4v) is 2.72. The minimum absolute atomic E-state index is 0.0234. The molecule has 21 heavy (non-hydrogen) atoms. The summed E-state index contributed by atoms with van der Waals surface area (Å²) in [6.45, 7) is 0.432. The van der Waals surface area contributed by atoms with Crippen LogP contribution in [-0.2, 0) is 6.54 Å². The average molecular weight is 283 g/mol. The Kier molecular flexibility index (Phi) is 2.71. The highest BCUT2D eigenvalue weighted by molar-refractivity contribution is 5.83. The van der Waals surface area contributed by atoms with E-state index in [1.807, 2.05) is 24.3 Å². The Hall–Kier alpha value is -2.34. The molecule has 1 saturated carbocycles. The minimum atomic E-state index is 0.0234. The van der Waals surface area contributed by atoms with Crippen LogP contribution in [0.2, 0.25) is 0 Å². The number of imidazole rings is 1. The molecule has 1 aromatic carbocycles. The Morgan fingerprint density at radius 3 is 2.86 bits per heavy atom. The lowest BCUT2D eigenvalue weighted by atomic mass is 10.1. The monoisotopic (exact) mass is 283 g/mol. The number of anilines is 1. The van der Waals surface area contributed by atoms with E-state index in [1.165, 1.54) is 0 Å². The SMILES string of the molecule is Nc1c(-c2nc3ccccc3[nH]2)c(C2CC2)nn1CCO. The van der Waals surface area contributed by atoms with Crippen LogP contribution in [0, 0.1) is 0 Å². The Balaban J connectivity index is 1.89. The van der Waals surface area contributed by atoms with Crippen LogP contribution < -0.4 is 5.73 Å². The number of rotatable bonds is 4. The van der Waals surface area contributed by atoms with Crippen LogP contribution in [0.15, 0.2) is 24.3 Å². The van der Waals surface area contributed by atoms with Gasteiger partial charge >= 0.3 is 0 Å².